The summed E-state index contributed by atoms with van der Waals surface area (Å²) < 4.78 is 39.5. The maximum Gasteiger partial charge on any atom is 0.222 e. The molecule has 104 valence electrons. The molecule has 0 bridgehead atoms. The van der Waals surface area contributed by atoms with Crippen molar-refractivity contribution in [2.45, 2.75) is 31.3 Å². The smallest absolute Gasteiger partial charge is 0.222 e. The van der Waals surface area contributed by atoms with Crippen molar-refractivity contribution in [3.05, 3.63) is 35.1 Å². The molecule has 1 fully saturated rings. The van der Waals surface area contributed by atoms with Gasteiger partial charge >= 0.3 is 0 Å². The van der Waals surface area contributed by atoms with Gasteiger partial charge in [-0.1, -0.05) is 0 Å². The maximum absolute atomic E-state index is 13.3. The van der Waals surface area contributed by atoms with Crippen molar-refractivity contribution in [1.82, 2.24) is 4.90 Å². The van der Waals surface area contributed by atoms with Gasteiger partial charge in [0.05, 0.1) is 6.04 Å². The summed E-state index contributed by atoms with van der Waals surface area (Å²) >= 11 is 0. The molecule has 1 aromatic carbocycles. The Kier molecular flexibility index (Phi) is 3.80. The van der Waals surface area contributed by atoms with Crippen molar-refractivity contribution < 1.29 is 18.0 Å². The number of benzene rings is 1. The minimum Gasteiger partial charge on any atom is -0.337 e. The summed E-state index contributed by atoms with van der Waals surface area (Å²) in [7, 11) is 1.54. The van der Waals surface area contributed by atoms with Gasteiger partial charge in [-0.25, -0.2) is 13.2 Å². The fraction of sp³-hybridized carbons (Fsp3) is 0.462. The fourth-order valence-electron chi connectivity index (χ4n) is 2.48. The molecule has 1 aromatic rings. The molecule has 6 heteroatoms. The van der Waals surface area contributed by atoms with Crippen molar-refractivity contribution in [2.75, 3.05) is 7.05 Å². The third kappa shape index (κ3) is 2.58. The normalized spacial score (nSPS) is 24.5. The highest BCUT2D eigenvalue weighted by Gasteiger charge is 2.31. The standard InChI is InChI=1S/C13H15F3N2O/c1-18-11(19)4-2-3-10(17)13(18)7-5-8(14)12(16)9(15)6-7/h5-6,10,13H,2-4,17H2,1H3. The Bertz CT molecular complexity index is 484. The van der Waals surface area contributed by atoms with E-state index in [2.05, 4.69) is 0 Å². The van der Waals surface area contributed by atoms with Gasteiger partial charge in [0.25, 0.3) is 0 Å². The number of hydrogen-bond acceptors (Lipinski definition) is 2. The van der Waals surface area contributed by atoms with E-state index in [1.54, 1.807) is 0 Å². The second-order valence-corrected chi connectivity index (χ2v) is 4.80. The van der Waals surface area contributed by atoms with Crippen LogP contribution in [0.5, 0.6) is 0 Å². The van der Waals surface area contributed by atoms with Crippen LogP contribution in [0.25, 0.3) is 0 Å². The molecule has 2 N–H and O–H groups in total. The molecule has 1 aliphatic heterocycles. The number of rotatable bonds is 1. The van der Waals surface area contributed by atoms with Crippen LogP contribution >= 0.6 is 0 Å². The lowest BCUT2D eigenvalue weighted by molar-refractivity contribution is -0.131. The summed E-state index contributed by atoms with van der Waals surface area (Å²) in [6, 6.07) is 0.733. The second kappa shape index (κ2) is 5.21. The summed E-state index contributed by atoms with van der Waals surface area (Å²) in [6.07, 6.45) is 1.56. The molecule has 2 atom stereocenters. The SMILES string of the molecule is CN1C(=O)CCCC(N)C1c1cc(F)c(F)c(F)c1. The van der Waals surface area contributed by atoms with Crippen LogP contribution in [0.15, 0.2) is 12.1 Å². The van der Waals surface area contributed by atoms with Crippen LogP contribution in [0.4, 0.5) is 13.2 Å². The number of amides is 1. The molecular formula is C13H15F3N2O. The summed E-state index contributed by atoms with van der Waals surface area (Å²) in [6.45, 7) is 0. The monoisotopic (exact) mass is 272 g/mol. The summed E-state index contributed by atoms with van der Waals surface area (Å²) in [5.41, 5.74) is 6.15. The zero-order valence-corrected chi connectivity index (χ0v) is 10.5. The molecule has 1 aliphatic rings. The lowest BCUT2D eigenvalue weighted by atomic mass is 9.96. The lowest BCUT2D eigenvalue weighted by Crippen LogP contribution is -2.39. The van der Waals surface area contributed by atoms with Gasteiger partial charge in [-0.15, -0.1) is 0 Å². The average Bonchev–Trinajstić information content (AvgIpc) is 2.46. The van der Waals surface area contributed by atoms with E-state index in [4.69, 9.17) is 5.73 Å². The van der Waals surface area contributed by atoms with Crippen molar-refractivity contribution in [3.63, 3.8) is 0 Å². The van der Waals surface area contributed by atoms with E-state index in [0.29, 0.717) is 19.3 Å². The van der Waals surface area contributed by atoms with Crippen molar-refractivity contribution >= 4 is 5.91 Å². The quantitative estimate of drug-likeness (QED) is 0.796. The Morgan fingerprint density at radius 2 is 1.84 bits per heavy atom. The van der Waals surface area contributed by atoms with E-state index in [0.717, 1.165) is 12.1 Å². The molecule has 0 aromatic heterocycles. The third-order valence-electron chi connectivity index (χ3n) is 3.49. The van der Waals surface area contributed by atoms with E-state index in [1.165, 1.54) is 11.9 Å². The summed E-state index contributed by atoms with van der Waals surface area (Å²) in [4.78, 5) is 13.2. The minimum atomic E-state index is -1.51. The highest BCUT2D eigenvalue weighted by atomic mass is 19.2. The van der Waals surface area contributed by atoms with Gasteiger partial charge in [0.1, 0.15) is 0 Å². The van der Waals surface area contributed by atoms with Gasteiger partial charge in [0.2, 0.25) is 5.91 Å². The lowest BCUT2D eigenvalue weighted by Gasteiger charge is -2.30. The van der Waals surface area contributed by atoms with Crippen LogP contribution in [0.2, 0.25) is 0 Å². The number of likely N-dealkylation sites (N-methyl/N-ethyl adjacent to an activating group) is 1. The highest BCUT2D eigenvalue weighted by Crippen LogP contribution is 2.30. The first-order chi connectivity index (χ1) is 8.91. The van der Waals surface area contributed by atoms with Gasteiger partial charge in [0.15, 0.2) is 17.5 Å². The van der Waals surface area contributed by atoms with Crippen molar-refractivity contribution in [2.24, 2.45) is 5.73 Å². The molecule has 3 nitrogen and oxygen atoms in total. The van der Waals surface area contributed by atoms with Crippen LogP contribution < -0.4 is 5.73 Å². The number of halogens is 3. The van der Waals surface area contributed by atoms with Crippen LogP contribution in [0, 0.1) is 17.5 Å². The number of carbonyl (C=O) groups is 1. The zero-order chi connectivity index (χ0) is 14.2. The first-order valence-electron chi connectivity index (χ1n) is 6.07. The van der Waals surface area contributed by atoms with Crippen LogP contribution in [-0.4, -0.2) is 23.9 Å². The average molecular weight is 272 g/mol. The van der Waals surface area contributed by atoms with Crippen LogP contribution in [0.3, 0.4) is 0 Å². The van der Waals surface area contributed by atoms with E-state index < -0.39 is 29.5 Å². The molecule has 1 amide bonds. The Hall–Kier alpha value is -1.56. The van der Waals surface area contributed by atoms with Gasteiger partial charge in [-0.2, -0.15) is 0 Å². The fourth-order valence-corrected chi connectivity index (χ4v) is 2.48. The second-order valence-electron chi connectivity index (χ2n) is 4.80. The molecule has 0 radical (unpaired) electrons. The van der Waals surface area contributed by atoms with Crippen LogP contribution in [0.1, 0.15) is 30.9 Å². The Labute approximate surface area is 109 Å². The first-order valence-corrected chi connectivity index (χ1v) is 6.07. The Balaban J connectivity index is 2.45. The van der Waals surface area contributed by atoms with Gasteiger partial charge in [-0.05, 0) is 30.5 Å². The predicted octanol–water partition coefficient (Wildman–Crippen LogP) is 2.11. The van der Waals surface area contributed by atoms with E-state index in [-0.39, 0.29) is 11.5 Å². The topological polar surface area (TPSA) is 46.3 Å². The Morgan fingerprint density at radius 1 is 1.26 bits per heavy atom. The van der Waals surface area contributed by atoms with Gasteiger partial charge in [0, 0.05) is 19.5 Å². The Morgan fingerprint density at radius 3 is 2.42 bits per heavy atom. The molecule has 2 unspecified atom stereocenters. The molecule has 1 heterocycles. The maximum atomic E-state index is 13.3. The first kappa shape index (κ1) is 13.9. The highest BCUT2D eigenvalue weighted by molar-refractivity contribution is 5.76. The van der Waals surface area contributed by atoms with Crippen molar-refractivity contribution in [3.8, 4) is 0 Å². The van der Waals surface area contributed by atoms with E-state index in [9.17, 15) is 18.0 Å². The van der Waals surface area contributed by atoms with E-state index in [1.807, 2.05) is 0 Å². The summed E-state index contributed by atoms with van der Waals surface area (Å²) in [5.74, 6) is -4.19. The number of nitrogens with two attached hydrogens (primary N) is 1. The third-order valence-corrected chi connectivity index (χ3v) is 3.49. The van der Waals surface area contributed by atoms with E-state index >= 15 is 0 Å². The number of nitrogens with zero attached hydrogens (tertiary/aromatic N) is 1. The number of hydrogen-bond donors (Lipinski definition) is 1. The number of carbonyl (C=O) groups excluding carboxylic acids is 1. The van der Waals surface area contributed by atoms with Gasteiger partial charge < -0.3 is 10.6 Å². The predicted molar refractivity (Wildman–Crippen MR) is 63.7 cm³/mol. The molecule has 0 saturated carbocycles. The largest absolute Gasteiger partial charge is 0.337 e. The molecular weight excluding hydrogens is 257 g/mol. The molecule has 19 heavy (non-hydrogen) atoms. The molecule has 1 saturated heterocycles. The minimum absolute atomic E-state index is 0.136. The zero-order valence-electron chi connectivity index (χ0n) is 10.5. The van der Waals surface area contributed by atoms with Crippen LogP contribution in [-0.2, 0) is 4.79 Å². The summed E-state index contributed by atoms with van der Waals surface area (Å²) in [5, 5.41) is 0. The molecule has 2 rings (SSSR count). The van der Waals surface area contributed by atoms with Gasteiger partial charge in [-0.3, -0.25) is 4.79 Å². The molecule has 0 aliphatic carbocycles. The number of likely N-dealkylation sites (tertiary alicyclic amines) is 1. The molecule has 0 spiro atoms. The van der Waals surface area contributed by atoms with Crippen molar-refractivity contribution in [1.29, 1.82) is 0 Å².